The van der Waals surface area contributed by atoms with E-state index in [2.05, 4.69) is 10.2 Å². The van der Waals surface area contributed by atoms with Gasteiger partial charge in [-0.3, -0.25) is 9.89 Å². The van der Waals surface area contributed by atoms with Gasteiger partial charge in [-0.1, -0.05) is 0 Å². The molecule has 3 N–H and O–H groups in total. The monoisotopic (exact) mass is 151 g/mol. The van der Waals surface area contributed by atoms with Crippen LogP contribution >= 0.6 is 0 Å². The SMILES string of the molecule is NC1CC(=O)c2cn[nH]c2C1. The predicted molar refractivity (Wildman–Crippen MR) is 39.2 cm³/mol. The zero-order chi connectivity index (χ0) is 7.84. The molecule has 0 aliphatic heterocycles. The van der Waals surface area contributed by atoms with Crippen molar-refractivity contribution in [3.05, 3.63) is 17.5 Å². The molecule has 1 aromatic heterocycles. The Morgan fingerprint density at radius 1 is 1.64 bits per heavy atom. The van der Waals surface area contributed by atoms with Crippen LogP contribution in [0.5, 0.6) is 0 Å². The molecule has 4 nitrogen and oxygen atoms in total. The van der Waals surface area contributed by atoms with Crippen LogP contribution in [0.2, 0.25) is 0 Å². The Kier molecular flexibility index (Phi) is 1.29. The summed E-state index contributed by atoms with van der Waals surface area (Å²) in [6.45, 7) is 0. The van der Waals surface area contributed by atoms with Crippen molar-refractivity contribution in [1.29, 1.82) is 0 Å². The Balaban J connectivity index is 2.44. The highest BCUT2D eigenvalue weighted by Crippen LogP contribution is 2.17. The summed E-state index contributed by atoms with van der Waals surface area (Å²) in [7, 11) is 0. The highest BCUT2D eigenvalue weighted by molar-refractivity contribution is 5.98. The van der Waals surface area contributed by atoms with Crippen LogP contribution in [-0.4, -0.2) is 22.0 Å². The average molecular weight is 151 g/mol. The molecule has 1 aromatic rings. The smallest absolute Gasteiger partial charge is 0.167 e. The van der Waals surface area contributed by atoms with E-state index in [0.29, 0.717) is 12.0 Å². The third kappa shape index (κ3) is 0.952. The van der Waals surface area contributed by atoms with Gasteiger partial charge in [0.05, 0.1) is 11.8 Å². The first-order valence-corrected chi connectivity index (χ1v) is 3.58. The maximum atomic E-state index is 11.2. The van der Waals surface area contributed by atoms with E-state index in [1.165, 1.54) is 0 Å². The van der Waals surface area contributed by atoms with Crippen molar-refractivity contribution in [3.8, 4) is 0 Å². The minimum Gasteiger partial charge on any atom is -0.327 e. The topological polar surface area (TPSA) is 71.8 Å². The van der Waals surface area contributed by atoms with Gasteiger partial charge in [0.2, 0.25) is 0 Å². The van der Waals surface area contributed by atoms with Crippen molar-refractivity contribution >= 4 is 5.78 Å². The van der Waals surface area contributed by atoms with Gasteiger partial charge in [0.25, 0.3) is 0 Å². The lowest BCUT2D eigenvalue weighted by Gasteiger charge is -2.15. The molecule has 4 heteroatoms. The molecule has 1 unspecified atom stereocenters. The summed E-state index contributed by atoms with van der Waals surface area (Å²) < 4.78 is 0. The molecule has 1 aliphatic carbocycles. The molecule has 0 radical (unpaired) electrons. The van der Waals surface area contributed by atoms with E-state index in [0.717, 1.165) is 12.1 Å². The molecular formula is C7H9N3O. The molecule has 1 atom stereocenters. The minimum absolute atomic E-state index is 0.0320. The first kappa shape index (κ1) is 6.54. The number of Topliss-reactive ketones (excluding diaryl/α,β-unsaturated/α-hetero) is 1. The van der Waals surface area contributed by atoms with Gasteiger partial charge in [0.15, 0.2) is 5.78 Å². The minimum atomic E-state index is -0.0320. The molecule has 11 heavy (non-hydrogen) atoms. The standard InChI is InChI=1S/C7H9N3O/c8-4-1-6-5(3-9-10-6)7(11)2-4/h3-4H,1-2,8H2,(H,9,10). The van der Waals surface area contributed by atoms with Gasteiger partial charge in [-0.15, -0.1) is 0 Å². The van der Waals surface area contributed by atoms with E-state index < -0.39 is 0 Å². The van der Waals surface area contributed by atoms with Crippen LogP contribution in [-0.2, 0) is 6.42 Å². The van der Waals surface area contributed by atoms with E-state index >= 15 is 0 Å². The number of nitrogens with one attached hydrogen (secondary N) is 1. The number of carbonyl (C=O) groups excluding carboxylic acids is 1. The molecule has 58 valence electrons. The van der Waals surface area contributed by atoms with Crippen LogP contribution < -0.4 is 5.73 Å². The van der Waals surface area contributed by atoms with Gasteiger partial charge < -0.3 is 5.73 Å². The fourth-order valence-corrected chi connectivity index (χ4v) is 1.39. The summed E-state index contributed by atoms with van der Waals surface area (Å²) in [6, 6.07) is -0.0320. The van der Waals surface area contributed by atoms with Crippen LogP contribution in [0.3, 0.4) is 0 Å². The number of carbonyl (C=O) groups is 1. The quantitative estimate of drug-likeness (QED) is 0.542. The second-order valence-corrected chi connectivity index (χ2v) is 2.85. The number of hydrogen-bond acceptors (Lipinski definition) is 3. The zero-order valence-electron chi connectivity index (χ0n) is 6.00. The Hall–Kier alpha value is -1.16. The molecule has 0 bridgehead atoms. The van der Waals surface area contributed by atoms with Crippen LogP contribution in [0.1, 0.15) is 22.5 Å². The third-order valence-corrected chi connectivity index (χ3v) is 1.93. The van der Waals surface area contributed by atoms with Gasteiger partial charge in [0, 0.05) is 24.6 Å². The van der Waals surface area contributed by atoms with E-state index in [1.54, 1.807) is 6.20 Å². The highest BCUT2D eigenvalue weighted by atomic mass is 16.1. The normalized spacial score (nSPS) is 23.4. The summed E-state index contributed by atoms with van der Waals surface area (Å²) in [6.07, 6.45) is 2.76. The third-order valence-electron chi connectivity index (χ3n) is 1.93. The summed E-state index contributed by atoms with van der Waals surface area (Å²) >= 11 is 0. The molecule has 0 amide bonds. The number of nitrogens with two attached hydrogens (primary N) is 1. The number of hydrogen-bond donors (Lipinski definition) is 2. The predicted octanol–water partition coefficient (Wildman–Crippen LogP) is -0.134. The van der Waals surface area contributed by atoms with Gasteiger partial charge >= 0.3 is 0 Å². The molecule has 1 heterocycles. The largest absolute Gasteiger partial charge is 0.327 e. The lowest BCUT2D eigenvalue weighted by atomic mass is 9.93. The number of aromatic amines is 1. The zero-order valence-corrected chi connectivity index (χ0v) is 6.00. The highest BCUT2D eigenvalue weighted by Gasteiger charge is 2.23. The van der Waals surface area contributed by atoms with Crippen molar-refractivity contribution in [1.82, 2.24) is 10.2 Å². The molecule has 0 saturated heterocycles. The number of fused-ring (bicyclic) bond motifs is 1. The molecule has 1 aliphatic rings. The molecule has 0 spiro atoms. The van der Waals surface area contributed by atoms with Gasteiger partial charge in [0.1, 0.15) is 0 Å². The van der Waals surface area contributed by atoms with Crippen molar-refractivity contribution < 1.29 is 4.79 Å². The first-order chi connectivity index (χ1) is 5.27. The summed E-state index contributed by atoms with van der Waals surface area (Å²) in [5.41, 5.74) is 7.23. The van der Waals surface area contributed by atoms with Crippen molar-refractivity contribution in [3.63, 3.8) is 0 Å². The Morgan fingerprint density at radius 3 is 3.27 bits per heavy atom. The second kappa shape index (κ2) is 2.17. The second-order valence-electron chi connectivity index (χ2n) is 2.85. The molecular weight excluding hydrogens is 142 g/mol. The van der Waals surface area contributed by atoms with E-state index in [4.69, 9.17) is 5.73 Å². The van der Waals surface area contributed by atoms with Crippen molar-refractivity contribution in [2.75, 3.05) is 0 Å². The van der Waals surface area contributed by atoms with Crippen LogP contribution in [0.25, 0.3) is 0 Å². The number of H-pyrrole nitrogens is 1. The summed E-state index contributed by atoms with van der Waals surface area (Å²) in [5, 5.41) is 6.55. The summed E-state index contributed by atoms with van der Waals surface area (Å²) in [4.78, 5) is 11.2. The van der Waals surface area contributed by atoms with E-state index in [1.807, 2.05) is 0 Å². The average Bonchev–Trinajstić information content (AvgIpc) is 2.34. The fourth-order valence-electron chi connectivity index (χ4n) is 1.39. The van der Waals surface area contributed by atoms with E-state index in [9.17, 15) is 4.79 Å². The van der Waals surface area contributed by atoms with Crippen molar-refractivity contribution in [2.45, 2.75) is 18.9 Å². The van der Waals surface area contributed by atoms with E-state index in [-0.39, 0.29) is 11.8 Å². The Labute approximate surface area is 63.8 Å². The molecule has 0 aromatic carbocycles. The van der Waals surface area contributed by atoms with Crippen LogP contribution in [0.15, 0.2) is 6.20 Å². The molecule has 0 saturated carbocycles. The van der Waals surface area contributed by atoms with Gasteiger partial charge in [-0.25, -0.2) is 0 Å². The number of nitrogens with zero attached hydrogens (tertiary/aromatic N) is 1. The number of rotatable bonds is 0. The molecule has 0 fully saturated rings. The maximum absolute atomic E-state index is 11.2. The summed E-state index contributed by atoms with van der Waals surface area (Å²) in [5.74, 6) is 0.104. The van der Waals surface area contributed by atoms with Crippen LogP contribution in [0.4, 0.5) is 0 Å². The fraction of sp³-hybridized carbons (Fsp3) is 0.429. The van der Waals surface area contributed by atoms with Crippen LogP contribution in [0, 0.1) is 0 Å². The Bertz CT molecular complexity index is 292. The maximum Gasteiger partial charge on any atom is 0.167 e. The first-order valence-electron chi connectivity index (χ1n) is 3.58. The molecule has 2 rings (SSSR count). The lowest BCUT2D eigenvalue weighted by molar-refractivity contribution is 0.0965. The number of aromatic nitrogens is 2. The number of ketones is 1. The van der Waals surface area contributed by atoms with Gasteiger partial charge in [-0.05, 0) is 0 Å². The Morgan fingerprint density at radius 2 is 2.45 bits per heavy atom. The van der Waals surface area contributed by atoms with Gasteiger partial charge in [-0.2, -0.15) is 5.10 Å². The van der Waals surface area contributed by atoms with Crippen molar-refractivity contribution in [2.24, 2.45) is 5.73 Å². The lowest BCUT2D eigenvalue weighted by Crippen LogP contribution is -2.31.